The van der Waals surface area contributed by atoms with Crippen LogP contribution in [0.15, 0.2) is 82.0 Å². The number of halogens is 1. The third-order valence-corrected chi connectivity index (χ3v) is 9.31. The number of anilines is 1. The maximum Gasteiger partial charge on any atom is 0.287 e. The summed E-state index contributed by atoms with van der Waals surface area (Å²) in [4.78, 5) is 67.9. The summed E-state index contributed by atoms with van der Waals surface area (Å²) in [6, 6.07) is 20.1. The molecular formula is C37H37ClN4O6. The van der Waals surface area contributed by atoms with Gasteiger partial charge in [0.1, 0.15) is 11.6 Å². The number of carbonyl (C=O) groups is 4. The van der Waals surface area contributed by atoms with Crippen LogP contribution in [0.2, 0.25) is 5.02 Å². The molecule has 4 amide bonds. The van der Waals surface area contributed by atoms with Crippen molar-refractivity contribution in [3.63, 3.8) is 0 Å². The lowest BCUT2D eigenvalue weighted by Crippen LogP contribution is -2.51. The van der Waals surface area contributed by atoms with Crippen LogP contribution in [0.1, 0.15) is 65.8 Å². The lowest BCUT2D eigenvalue weighted by atomic mass is 9.86. The Labute approximate surface area is 283 Å². The second-order valence-corrected chi connectivity index (χ2v) is 12.9. The molecule has 6 rings (SSSR count). The minimum atomic E-state index is -0.924. The monoisotopic (exact) mass is 668 g/mol. The second kappa shape index (κ2) is 14.4. The zero-order valence-corrected chi connectivity index (χ0v) is 27.4. The van der Waals surface area contributed by atoms with Gasteiger partial charge in [-0.25, -0.2) is 0 Å². The molecule has 2 saturated heterocycles. The fourth-order valence-electron chi connectivity index (χ4n) is 6.62. The molecule has 0 saturated carbocycles. The van der Waals surface area contributed by atoms with Gasteiger partial charge in [-0.15, -0.1) is 0 Å². The number of rotatable bonds is 9. The average molecular weight is 669 g/mol. The van der Waals surface area contributed by atoms with Crippen LogP contribution in [0.5, 0.6) is 0 Å². The Balaban J connectivity index is 1.18. The van der Waals surface area contributed by atoms with E-state index >= 15 is 0 Å². The van der Waals surface area contributed by atoms with E-state index in [1.165, 1.54) is 24.6 Å². The molecule has 4 aromatic rings. The topological polar surface area (TPSA) is 129 Å². The van der Waals surface area contributed by atoms with E-state index < -0.39 is 17.4 Å². The summed E-state index contributed by atoms with van der Waals surface area (Å²) < 4.78 is 5.79. The van der Waals surface area contributed by atoms with Crippen molar-refractivity contribution >= 4 is 51.9 Å². The number of hydrogen-bond acceptors (Lipinski definition) is 6. The van der Waals surface area contributed by atoms with Crippen molar-refractivity contribution in [2.75, 3.05) is 25.0 Å². The first-order valence-corrected chi connectivity index (χ1v) is 16.6. The van der Waals surface area contributed by atoms with Gasteiger partial charge in [0.15, 0.2) is 11.2 Å². The number of nitrogens with one attached hydrogen (secondary N) is 2. The van der Waals surface area contributed by atoms with Crippen molar-refractivity contribution in [3.05, 3.63) is 110 Å². The molecule has 1 atom stereocenters. The van der Waals surface area contributed by atoms with Crippen molar-refractivity contribution < 1.29 is 23.6 Å². The third-order valence-electron chi connectivity index (χ3n) is 9.06. The van der Waals surface area contributed by atoms with Crippen LogP contribution in [-0.4, -0.2) is 59.1 Å². The quantitative estimate of drug-likeness (QED) is 0.250. The molecule has 248 valence electrons. The van der Waals surface area contributed by atoms with Gasteiger partial charge in [0.25, 0.3) is 5.91 Å². The molecule has 2 fully saturated rings. The second-order valence-electron chi connectivity index (χ2n) is 12.4. The molecule has 2 aliphatic rings. The number of fused-ring (bicyclic) bond motifs is 1. The van der Waals surface area contributed by atoms with Crippen molar-refractivity contribution in [3.8, 4) is 0 Å². The molecule has 48 heavy (non-hydrogen) atoms. The van der Waals surface area contributed by atoms with Gasteiger partial charge in [-0.1, -0.05) is 48.0 Å². The lowest BCUT2D eigenvalue weighted by Gasteiger charge is -2.35. The molecule has 0 aliphatic carbocycles. The minimum Gasteiger partial charge on any atom is -0.451 e. The molecular weight excluding hydrogens is 632 g/mol. The van der Waals surface area contributed by atoms with Crippen LogP contribution >= 0.6 is 11.6 Å². The number of carbonyl (C=O) groups excluding carboxylic acids is 4. The van der Waals surface area contributed by atoms with Crippen LogP contribution in [0, 0.1) is 0 Å². The number of piperidine rings is 1. The van der Waals surface area contributed by atoms with Gasteiger partial charge in [-0.2, -0.15) is 0 Å². The number of hydrogen-bond donors (Lipinski definition) is 2. The Kier molecular flexibility index (Phi) is 9.91. The maximum atomic E-state index is 14.0. The predicted octanol–water partition coefficient (Wildman–Crippen LogP) is 5.27. The van der Waals surface area contributed by atoms with E-state index in [0.717, 1.165) is 43.0 Å². The van der Waals surface area contributed by atoms with E-state index in [-0.39, 0.29) is 46.8 Å². The van der Waals surface area contributed by atoms with E-state index in [2.05, 4.69) is 22.8 Å². The van der Waals surface area contributed by atoms with E-state index in [1.54, 1.807) is 23.1 Å². The highest BCUT2D eigenvalue weighted by Crippen LogP contribution is 2.32. The summed E-state index contributed by atoms with van der Waals surface area (Å²) in [6.07, 6.45) is 3.20. The van der Waals surface area contributed by atoms with Crippen LogP contribution in [0.4, 0.5) is 5.69 Å². The fourth-order valence-corrected chi connectivity index (χ4v) is 6.75. The van der Waals surface area contributed by atoms with Gasteiger partial charge in [-0.3, -0.25) is 24.0 Å². The Hall–Kier alpha value is -4.96. The zero-order valence-electron chi connectivity index (χ0n) is 26.7. The summed E-state index contributed by atoms with van der Waals surface area (Å²) in [6.45, 7) is 3.77. The Morgan fingerprint density at radius 3 is 2.42 bits per heavy atom. The van der Waals surface area contributed by atoms with Crippen molar-refractivity contribution in [2.24, 2.45) is 0 Å². The molecule has 2 N–H and O–H groups in total. The van der Waals surface area contributed by atoms with Gasteiger partial charge < -0.3 is 24.9 Å². The Morgan fingerprint density at radius 1 is 0.958 bits per heavy atom. The molecule has 3 aromatic carbocycles. The standard InChI is InChI=1S/C37H37ClN4O6/c1-23(43)39-28-12-13-33-30(20-28)32(44)21-34(48-33)36(46)40-31(19-24-8-10-27(38)11-9-24)37(47)41-17-14-25(15-18-41)29-6-3-2-5-26(29)22-42-16-4-7-35(42)45/h2-3,5-6,8-13,20-21,25,31H,4,7,14-19,22H2,1H3,(H,39,43)(H,40,46). The molecule has 0 bridgehead atoms. The highest BCUT2D eigenvalue weighted by Gasteiger charge is 2.32. The van der Waals surface area contributed by atoms with E-state index in [9.17, 15) is 24.0 Å². The van der Waals surface area contributed by atoms with Crippen LogP contribution in [-0.2, 0) is 27.3 Å². The predicted molar refractivity (Wildman–Crippen MR) is 183 cm³/mol. The Bertz CT molecular complexity index is 1920. The largest absolute Gasteiger partial charge is 0.451 e. The molecule has 10 nitrogen and oxygen atoms in total. The van der Waals surface area contributed by atoms with Crippen LogP contribution < -0.4 is 16.1 Å². The van der Waals surface area contributed by atoms with Gasteiger partial charge in [0.2, 0.25) is 17.7 Å². The minimum absolute atomic E-state index is 0.179. The molecule has 1 unspecified atom stereocenters. The summed E-state index contributed by atoms with van der Waals surface area (Å²) in [5.41, 5.74) is 3.33. The SMILES string of the molecule is CC(=O)Nc1ccc2oc(C(=O)NC(Cc3ccc(Cl)cc3)C(=O)N3CCC(c4ccccc4CN4CCCC4=O)CC3)cc(=O)c2c1. The molecule has 0 spiro atoms. The van der Waals surface area contributed by atoms with E-state index in [4.69, 9.17) is 16.0 Å². The summed E-state index contributed by atoms with van der Waals surface area (Å²) in [7, 11) is 0. The van der Waals surface area contributed by atoms with Crippen molar-refractivity contribution in [1.82, 2.24) is 15.1 Å². The molecule has 2 aliphatic heterocycles. The summed E-state index contributed by atoms with van der Waals surface area (Å²) >= 11 is 6.10. The lowest BCUT2D eigenvalue weighted by molar-refractivity contribution is -0.134. The van der Waals surface area contributed by atoms with Crippen LogP contribution in [0.25, 0.3) is 11.0 Å². The van der Waals surface area contributed by atoms with E-state index in [1.807, 2.05) is 29.2 Å². The number of nitrogens with zero attached hydrogens (tertiary/aromatic N) is 2. The highest BCUT2D eigenvalue weighted by atomic mass is 35.5. The van der Waals surface area contributed by atoms with Crippen molar-refractivity contribution in [2.45, 2.75) is 57.5 Å². The summed E-state index contributed by atoms with van der Waals surface area (Å²) in [5.74, 6) is -0.984. The molecule has 3 heterocycles. The highest BCUT2D eigenvalue weighted by molar-refractivity contribution is 6.30. The molecule has 11 heteroatoms. The summed E-state index contributed by atoms with van der Waals surface area (Å²) in [5, 5.41) is 6.22. The smallest absolute Gasteiger partial charge is 0.287 e. The molecule has 1 aromatic heterocycles. The first kappa shape index (κ1) is 33.0. The fraction of sp³-hybridized carbons (Fsp3) is 0.324. The third kappa shape index (κ3) is 7.60. The normalized spacial score (nSPS) is 15.8. The molecule has 0 radical (unpaired) electrons. The average Bonchev–Trinajstić information content (AvgIpc) is 3.49. The van der Waals surface area contributed by atoms with Crippen molar-refractivity contribution in [1.29, 1.82) is 0 Å². The first-order chi connectivity index (χ1) is 23.1. The van der Waals surface area contributed by atoms with Gasteiger partial charge in [0, 0.05) is 62.7 Å². The van der Waals surface area contributed by atoms with Gasteiger partial charge in [-0.05, 0) is 72.2 Å². The van der Waals surface area contributed by atoms with Gasteiger partial charge >= 0.3 is 0 Å². The first-order valence-electron chi connectivity index (χ1n) is 16.2. The number of amides is 4. The number of benzene rings is 3. The number of likely N-dealkylation sites (tertiary alicyclic amines) is 2. The zero-order chi connectivity index (χ0) is 33.8. The van der Waals surface area contributed by atoms with Gasteiger partial charge in [0.05, 0.1) is 5.39 Å². The Morgan fingerprint density at radius 2 is 1.71 bits per heavy atom. The maximum absolute atomic E-state index is 14.0. The van der Waals surface area contributed by atoms with E-state index in [0.29, 0.717) is 36.8 Å². The van der Waals surface area contributed by atoms with Crippen LogP contribution in [0.3, 0.4) is 0 Å².